The Morgan fingerprint density at radius 2 is 1.90 bits per heavy atom. The van der Waals surface area contributed by atoms with Crippen LogP contribution in [0.3, 0.4) is 0 Å². The van der Waals surface area contributed by atoms with Crippen molar-refractivity contribution in [1.82, 2.24) is 9.80 Å². The molecule has 2 rings (SSSR count). The Labute approximate surface area is 182 Å². The lowest BCUT2D eigenvalue weighted by Crippen LogP contribution is -2.57. The molecule has 1 atom stereocenters. The first-order chi connectivity index (χ1) is 14.1. The molecule has 1 aromatic rings. The number of hydrogen-bond acceptors (Lipinski definition) is 5. The zero-order chi connectivity index (χ0) is 22.5. The van der Waals surface area contributed by atoms with Crippen LogP contribution in [0.15, 0.2) is 12.1 Å². The van der Waals surface area contributed by atoms with Crippen LogP contribution >= 0.6 is 11.6 Å². The molecule has 1 aromatic carbocycles. The van der Waals surface area contributed by atoms with E-state index in [0.717, 1.165) is 0 Å². The molecule has 0 unspecified atom stereocenters. The first kappa shape index (κ1) is 24.1. The average Bonchev–Trinajstić information content (AvgIpc) is 2.65. The number of halogens is 2. The van der Waals surface area contributed by atoms with Crippen molar-refractivity contribution in [3.63, 3.8) is 0 Å². The topological polar surface area (TPSA) is 68.3 Å². The number of carbonyl (C=O) groups is 2. The number of amides is 2. The lowest BCUT2D eigenvalue weighted by molar-refractivity contribution is 0.000634. The van der Waals surface area contributed by atoms with E-state index in [1.54, 1.807) is 37.5 Å². The predicted octanol–water partition coefficient (Wildman–Crippen LogP) is 4.85. The molecule has 0 spiro atoms. The molecule has 9 heteroatoms. The summed E-state index contributed by atoms with van der Waals surface area (Å²) in [5.41, 5.74) is -0.496. The molecule has 2 amide bonds. The fraction of sp³-hybridized carbons (Fsp3) is 0.619. The van der Waals surface area contributed by atoms with Crippen LogP contribution in [0.25, 0.3) is 0 Å². The number of benzene rings is 1. The fourth-order valence-electron chi connectivity index (χ4n) is 3.12. The van der Waals surface area contributed by atoms with Crippen molar-refractivity contribution >= 4 is 23.8 Å². The van der Waals surface area contributed by atoms with Crippen molar-refractivity contribution in [2.75, 3.05) is 26.2 Å². The zero-order valence-corrected chi connectivity index (χ0v) is 18.9. The van der Waals surface area contributed by atoms with E-state index >= 15 is 0 Å². The minimum absolute atomic E-state index is 0.0916. The number of nitrogens with zero attached hydrogens (tertiary/aromatic N) is 2. The van der Waals surface area contributed by atoms with Crippen LogP contribution in [0.4, 0.5) is 14.0 Å². The van der Waals surface area contributed by atoms with Crippen molar-refractivity contribution in [3.05, 3.63) is 28.5 Å². The van der Waals surface area contributed by atoms with Crippen molar-refractivity contribution in [2.45, 2.75) is 59.3 Å². The van der Waals surface area contributed by atoms with E-state index in [1.165, 1.54) is 12.1 Å². The van der Waals surface area contributed by atoms with Crippen molar-refractivity contribution in [3.8, 4) is 5.75 Å². The summed E-state index contributed by atoms with van der Waals surface area (Å²) >= 11 is 6.12. The molecule has 1 fully saturated rings. The largest absolute Gasteiger partial charge is 0.494 e. The van der Waals surface area contributed by atoms with Crippen LogP contribution < -0.4 is 4.74 Å². The van der Waals surface area contributed by atoms with Crippen LogP contribution in [0, 0.1) is 5.82 Å². The van der Waals surface area contributed by atoms with Gasteiger partial charge in [-0.15, -0.1) is 0 Å². The van der Waals surface area contributed by atoms with Crippen LogP contribution in [-0.4, -0.2) is 59.9 Å². The molecular formula is C21H30ClFN2O5. The van der Waals surface area contributed by atoms with E-state index in [2.05, 4.69) is 0 Å². The minimum atomic E-state index is -0.597. The molecule has 0 aliphatic carbocycles. The summed E-state index contributed by atoms with van der Waals surface area (Å²) in [6.07, 6.45) is -0.348. The minimum Gasteiger partial charge on any atom is -0.494 e. The van der Waals surface area contributed by atoms with E-state index in [9.17, 15) is 14.0 Å². The summed E-state index contributed by atoms with van der Waals surface area (Å²) in [4.78, 5) is 28.1. The quantitative estimate of drug-likeness (QED) is 0.649. The molecule has 30 heavy (non-hydrogen) atoms. The first-order valence-electron chi connectivity index (χ1n) is 10.1. The Bertz CT molecular complexity index is 745. The zero-order valence-electron chi connectivity index (χ0n) is 18.2. The van der Waals surface area contributed by atoms with Crippen LogP contribution in [0.1, 0.15) is 46.6 Å². The third-order valence-corrected chi connectivity index (χ3v) is 4.94. The molecule has 0 saturated carbocycles. The van der Waals surface area contributed by atoms with Gasteiger partial charge in [0.1, 0.15) is 23.8 Å². The molecule has 0 aromatic heterocycles. The van der Waals surface area contributed by atoms with Gasteiger partial charge in [-0.05, 0) is 40.2 Å². The second-order valence-corrected chi connectivity index (χ2v) is 8.44. The van der Waals surface area contributed by atoms with Gasteiger partial charge < -0.3 is 24.0 Å². The molecule has 168 valence electrons. The van der Waals surface area contributed by atoms with E-state index in [1.807, 2.05) is 6.92 Å². The second-order valence-electron chi connectivity index (χ2n) is 8.03. The maximum Gasteiger partial charge on any atom is 0.410 e. The van der Waals surface area contributed by atoms with E-state index in [4.69, 9.17) is 25.8 Å². The molecule has 1 aliphatic heterocycles. The Hall–Kier alpha value is -2.22. The molecule has 1 aliphatic rings. The van der Waals surface area contributed by atoms with Crippen molar-refractivity contribution in [2.24, 2.45) is 0 Å². The predicted molar refractivity (Wildman–Crippen MR) is 111 cm³/mol. The van der Waals surface area contributed by atoms with Gasteiger partial charge in [0.15, 0.2) is 0 Å². The summed E-state index contributed by atoms with van der Waals surface area (Å²) in [6.45, 7) is 10.2. The molecule has 1 saturated heterocycles. The monoisotopic (exact) mass is 444 g/mol. The highest BCUT2D eigenvalue weighted by Crippen LogP contribution is 2.27. The summed E-state index contributed by atoms with van der Waals surface area (Å²) in [6, 6.07) is 2.48. The number of hydrogen-bond donors (Lipinski definition) is 0. The first-order valence-corrected chi connectivity index (χ1v) is 10.5. The molecular weight excluding hydrogens is 415 g/mol. The molecule has 0 N–H and O–H groups in total. The van der Waals surface area contributed by atoms with Crippen LogP contribution in [0.2, 0.25) is 5.02 Å². The molecule has 0 bridgehead atoms. The lowest BCUT2D eigenvalue weighted by atomic mass is 10.1. The highest BCUT2D eigenvalue weighted by atomic mass is 35.5. The number of rotatable bonds is 5. The summed E-state index contributed by atoms with van der Waals surface area (Å²) < 4.78 is 30.3. The number of piperazine rings is 1. The van der Waals surface area contributed by atoms with Gasteiger partial charge in [-0.25, -0.2) is 14.0 Å². The van der Waals surface area contributed by atoms with Gasteiger partial charge in [-0.1, -0.05) is 18.5 Å². The van der Waals surface area contributed by atoms with Gasteiger partial charge in [-0.3, -0.25) is 0 Å². The van der Waals surface area contributed by atoms with E-state index < -0.39 is 23.6 Å². The average molecular weight is 445 g/mol. The summed E-state index contributed by atoms with van der Waals surface area (Å²) in [7, 11) is 0. The van der Waals surface area contributed by atoms with Crippen molar-refractivity contribution in [1.29, 1.82) is 0 Å². The fourth-order valence-corrected chi connectivity index (χ4v) is 3.37. The van der Waals surface area contributed by atoms with Crippen LogP contribution in [0.5, 0.6) is 5.75 Å². The highest BCUT2D eigenvalue weighted by molar-refractivity contribution is 6.31. The smallest absolute Gasteiger partial charge is 0.410 e. The maximum absolute atomic E-state index is 14.3. The van der Waals surface area contributed by atoms with Gasteiger partial charge in [0.2, 0.25) is 0 Å². The van der Waals surface area contributed by atoms with Gasteiger partial charge >= 0.3 is 12.2 Å². The van der Waals surface area contributed by atoms with Gasteiger partial charge in [0.25, 0.3) is 0 Å². The number of ether oxygens (including phenoxy) is 3. The molecule has 0 radical (unpaired) electrons. The standard InChI is InChI=1S/C21H30ClFN2O5/c1-6-14-12-24(19(26)30-21(3,4)5)8-9-25(14)20(27)29-13-16-17(22)10-15(28-7-2)11-18(16)23/h10-11,14H,6-9,12-13H2,1-5H3/t14-/m1/s1. The lowest BCUT2D eigenvalue weighted by Gasteiger charge is -2.40. The number of carbonyl (C=O) groups excluding carboxylic acids is 2. The third kappa shape index (κ3) is 6.39. The Morgan fingerprint density at radius 1 is 1.20 bits per heavy atom. The Morgan fingerprint density at radius 3 is 2.47 bits per heavy atom. The molecule has 7 nitrogen and oxygen atoms in total. The third-order valence-electron chi connectivity index (χ3n) is 4.61. The SMILES string of the molecule is CCOc1cc(F)c(COC(=O)N2CCN(C(=O)OC(C)(C)C)C[C@H]2CC)c(Cl)c1. The van der Waals surface area contributed by atoms with Crippen LogP contribution in [-0.2, 0) is 16.1 Å². The van der Waals surface area contributed by atoms with Crippen molar-refractivity contribution < 1.29 is 28.2 Å². The Kier molecular flexibility index (Phi) is 8.18. The Balaban J connectivity index is 1.98. The van der Waals surface area contributed by atoms with Gasteiger partial charge in [-0.2, -0.15) is 0 Å². The summed E-state index contributed by atoms with van der Waals surface area (Å²) in [5, 5.41) is 0.132. The van der Waals surface area contributed by atoms with E-state index in [-0.39, 0.29) is 23.2 Å². The van der Waals surface area contributed by atoms with Gasteiger partial charge in [0, 0.05) is 31.3 Å². The van der Waals surface area contributed by atoms with Gasteiger partial charge in [0.05, 0.1) is 17.7 Å². The normalized spacial score (nSPS) is 17.0. The molecule has 1 heterocycles. The second kappa shape index (κ2) is 10.2. The summed E-state index contributed by atoms with van der Waals surface area (Å²) in [5.74, 6) is -0.278. The van der Waals surface area contributed by atoms with E-state index in [0.29, 0.717) is 38.4 Å². The maximum atomic E-state index is 14.3. The highest BCUT2D eigenvalue weighted by Gasteiger charge is 2.34.